The van der Waals surface area contributed by atoms with E-state index in [4.69, 9.17) is 4.42 Å². The quantitative estimate of drug-likeness (QED) is 0.737. The summed E-state index contributed by atoms with van der Waals surface area (Å²) in [4.78, 5) is 0. The van der Waals surface area contributed by atoms with Gasteiger partial charge < -0.3 is 9.73 Å². The molecule has 1 aliphatic rings. The lowest BCUT2D eigenvalue weighted by molar-refractivity contribution is 0.475. The normalized spacial score (nSPS) is 16.8. The predicted octanol–water partition coefficient (Wildman–Crippen LogP) is 1.88. The van der Waals surface area contributed by atoms with E-state index in [0.29, 0.717) is 0 Å². The summed E-state index contributed by atoms with van der Waals surface area (Å²) in [5.41, 5.74) is 0. The minimum absolute atomic E-state index is 0.807. The van der Waals surface area contributed by atoms with Crippen molar-refractivity contribution in [2.75, 3.05) is 6.54 Å². The molecule has 0 atom stereocenters. The summed E-state index contributed by atoms with van der Waals surface area (Å²) in [5, 5.41) is 3.45. The van der Waals surface area contributed by atoms with Gasteiger partial charge in [0.2, 0.25) is 0 Å². The first-order chi connectivity index (χ1) is 5.84. The van der Waals surface area contributed by atoms with Gasteiger partial charge in [0.05, 0.1) is 0 Å². The third-order valence-corrected chi connectivity index (χ3v) is 2.18. The second-order valence-electron chi connectivity index (χ2n) is 3.49. The maximum atomic E-state index is 5.45. The van der Waals surface area contributed by atoms with Crippen LogP contribution in [-0.2, 0) is 6.42 Å². The van der Waals surface area contributed by atoms with Crippen molar-refractivity contribution in [3.05, 3.63) is 23.7 Å². The van der Waals surface area contributed by atoms with Crippen LogP contribution >= 0.6 is 0 Å². The third-order valence-electron chi connectivity index (χ3n) is 2.18. The molecule has 1 aliphatic carbocycles. The maximum Gasteiger partial charge on any atom is 0.105 e. The van der Waals surface area contributed by atoms with Crippen molar-refractivity contribution in [3.8, 4) is 0 Å². The molecule has 1 aromatic heterocycles. The molecule has 1 heterocycles. The summed E-state index contributed by atoms with van der Waals surface area (Å²) in [5.74, 6) is 2.11. The van der Waals surface area contributed by atoms with Crippen molar-refractivity contribution >= 4 is 0 Å². The van der Waals surface area contributed by atoms with E-state index >= 15 is 0 Å². The molecular formula is C10H15NO. The molecule has 2 rings (SSSR count). The average Bonchev–Trinajstić information content (AvgIpc) is 2.76. The Morgan fingerprint density at radius 2 is 2.33 bits per heavy atom. The SMILES string of the molecule is Cc1ccc(CCNC2CC2)o1. The zero-order valence-electron chi connectivity index (χ0n) is 7.47. The van der Waals surface area contributed by atoms with Gasteiger partial charge in [-0.2, -0.15) is 0 Å². The van der Waals surface area contributed by atoms with Crippen LogP contribution in [0.15, 0.2) is 16.5 Å². The fraction of sp³-hybridized carbons (Fsp3) is 0.600. The van der Waals surface area contributed by atoms with Crippen LogP contribution in [0, 0.1) is 6.92 Å². The smallest absolute Gasteiger partial charge is 0.105 e. The molecule has 0 radical (unpaired) electrons. The van der Waals surface area contributed by atoms with Crippen LogP contribution in [0.2, 0.25) is 0 Å². The number of furan rings is 1. The Kier molecular flexibility index (Phi) is 2.17. The number of nitrogens with one attached hydrogen (secondary N) is 1. The Hall–Kier alpha value is -0.760. The van der Waals surface area contributed by atoms with Crippen molar-refractivity contribution in [2.45, 2.75) is 32.2 Å². The Balaban J connectivity index is 1.71. The van der Waals surface area contributed by atoms with Crippen molar-refractivity contribution < 1.29 is 4.42 Å². The lowest BCUT2D eigenvalue weighted by Crippen LogP contribution is -2.18. The largest absolute Gasteiger partial charge is 0.466 e. The van der Waals surface area contributed by atoms with Crippen molar-refractivity contribution in [3.63, 3.8) is 0 Å². The first-order valence-electron chi connectivity index (χ1n) is 4.63. The first-order valence-corrected chi connectivity index (χ1v) is 4.63. The van der Waals surface area contributed by atoms with E-state index in [0.717, 1.165) is 30.5 Å². The molecule has 0 bridgehead atoms. The summed E-state index contributed by atoms with van der Waals surface area (Å²) < 4.78 is 5.45. The standard InChI is InChI=1S/C10H15NO/c1-8-2-5-10(12-8)6-7-11-9-3-4-9/h2,5,9,11H,3-4,6-7H2,1H3. The summed E-state index contributed by atoms with van der Waals surface area (Å²) in [6, 6.07) is 4.89. The molecule has 0 aliphatic heterocycles. The van der Waals surface area contributed by atoms with Crippen LogP contribution in [0.1, 0.15) is 24.4 Å². The molecule has 12 heavy (non-hydrogen) atoms. The zero-order chi connectivity index (χ0) is 8.39. The van der Waals surface area contributed by atoms with E-state index in [1.54, 1.807) is 0 Å². The highest BCUT2D eigenvalue weighted by molar-refractivity contribution is 5.05. The van der Waals surface area contributed by atoms with E-state index in [-0.39, 0.29) is 0 Å². The predicted molar refractivity (Wildman–Crippen MR) is 48.2 cm³/mol. The zero-order valence-corrected chi connectivity index (χ0v) is 7.47. The molecule has 0 amide bonds. The van der Waals surface area contributed by atoms with Gasteiger partial charge in [-0.05, 0) is 31.9 Å². The highest BCUT2D eigenvalue weighted by atomic mass is 16.3. The van der Waals surface area contributed by atoms with E-state index in [2.05, 4.69) is 11.4 Å². The van der Waals surface area contributed by atoms with Crippen molar-refractivity contribution in [2.24, 2.45) is 0 Å². The van der Waals surface area contributed by atoms with Crippen molar-refractivity contribution in [1.82, 2.24) is 5.32 Å². The molecule has 1 saturated carbocycles. The number of rotatable bonds is 4. The second kappa shape index (κ2) is 3.31. The van der Waals surface area contributed by atoms with Crippen LogP contribution < -0.4 is 5.32 Å². The van der Waals surface area contributed by atoms with Crippen LogP contribution in [0.5, 0.6) is 0 Å². The fourth-order valence-electron chi connectivity index (χ4n) is 1.31. The molecule has 1 N–H and O–H groups in total. The topological polar surface area (TPSA) is 25.2 Å². The maximum absolute atomic E-state index is 5.45. The second-order valence-corrected chi connectivity index (χ2v) is 3.49. The van der Waals surface area contributed by atoms with Crippen molar-refractivity contribution in [1.29, 1.82) is 0 Å². The molecule has 66 valence electrons. The Bertz CT molecular complexity index is 250. The molecule has 0 unspecified atom stereocenters. The average molecular weight is 165 g/mol. The monoisotopic (exact) mass is 165 g/mol. The number of hydrogen-bond acceptors (Lipinski definition) is 2. The van der Waals surface area contributed by atoms with E-state index in [1.807, 2.05) is 13.0 Å². The van der Waals surface area contributed by atoms with Crippen LogP contribution in [-0.4, -0.2) is 12.6 Å². The van der Waals surface area contributed by atoms with E-state index in [9.17, 15) is 0 Å². The molecule has 2 heteroatoms. The van der Waals surface area contributed by atoms with Gasteiger partial charge in [-0.1, -0.05) is 0 Å². The van der Waals surface area contributed by atoms with Gasteiger partial charge >= 0.3 is 0 Å². The highest BCUT2D eigenvalue weighted by Gasteiger charge is 2.19. The molecule has 2 nitrogen and oxygen atoms in total. The molecule has 0 aromatic carbocycles. The summed E-state index contributed by atoms with van der Waals surface area (Å²) >= 11 is 0. The van der Waals surface area contributed by atoms with E-state index < -0.39 is 0 Å². The van der Waals surface area contributed by atoms with Crippen LogP contribution in [0.3, 0.4) is 0 Å². The molecule has 1 aromatic rings. The molecular weight excluding hydrogens is 150 g/mol. The Morgan fingerprint density at radius 3 is 2.92 bits per heavy atom. The van der Waals surface area contributed by atoms with Crippen LogP contribution in [0.4, 0.5) is 0 Å². The van der Waals surface area contributed by atoms with Gasteiger partial charge in [-0.25, -0.2) is 0 Å². The van der Waals surface area contributed by atoms with Gasteiger partial charge in [-0.15, -0.1) is 0 Å². The van der Waals surface area contributed by atoms with Gasteiger partial charge in [0, 0.05) is 19.0 Å². The minimum atomic E-state index is 0.807. The first kappa shape index (κ1) is 7.87. The number of hydrogen-bond donors (Lipinski definition) is 1. The molecule has 1 fully saturated rings. The van der Waals surface area contributed by atoms with Crippen LogP contribution in [0.25, 0.3) is 0 Å². The Labute approximate surface area is 73.0 Å². The minimum Gasteiger partial charge on any atom is -0.466 e. The highest BCUT2D eigenvalue weighted by Crippen LogP contribution is 2.18. The van der Waals surface area contributed by atoms with Gasteiger partial charge in [0.25, 0.3) is 0 Å². The fourth-order valence-corrected chi connectivity index (χ4v) is 1.31. The lowest BCUT2D eigenvalue weighted by Gasteiger charge is -1.98. The lowest BCUT2D eigenvalue weighted by atomic mass is 10.3. The summed E-state index contributed by atoms with van der Waals surface area (Å²) in [7, 11) is 0. The molecule has 0 spiro atoms. The Morgan fingerprint density at radius 1 is 1.50 bits per heavy atom. The summed E-state index contributed by atoms with van der Waals surface area (Å²) in [6.07, 6.45) is 3.73. The van der Waals surface area contributed by atoms with Gasteiger partial charge in [-0.3, -0.25) is 0 Å². The number of aryl methyl sites for hydroxylation is 1. The third kappa shape index (κ3) is 2.11. The summed E-state index contributed by atoms with van der Waals surface area (Å²) in [6.45, 7) is 3.04. The molecule has 0 saturated heterocycles. The van der Waals surface area contributed by atoms with Gasteiger partial charge in [0.1, 0.15) is 11.5 Å². The van der Waals surface area contributed by atoms with Gasteiger partial charge in [0.15, 0.2) is 0 Å². The van der Waals surface area contributed by atoms with E-state index in [1.165, 1.54) is 12.8 Å².